The Morgan fingerprint density at radius 1 is 1.50 bits per heavy atom. The van der Waals surface area contributed by atoms with Gasteiger partial charge in [0.2, 0.25) is 11.8 Å². The zero-order chi connectivity index (χ0) is 17.7. The number of hydrogen-bond donors (Lipinski definition) is 1. The molecule has 0 aromatic heterocycles. The summed E-state index contributed by atoms with van der Waals surface area (Å²) in [4.78, 5) is 36.3. The van der Waals surface area contributed by atoms with Crippen LogP contribution in [-0.4, -0.2) is 41.8 Å². The van der Waals surface area contributed by atoms with Crippen LogP contribution in [0.1, 0.15) is 26.2 Å². The van der Waals surface area contributed by atoms with E-state index in [4.69, 9.17) is 4.74 Å². The molecule has 0 unspecified atom stereocenters. The van der Waals surface area contributed by atoms with Gasteiger partial charge in [-0.25, -0.2) is 0 Å². The van der Waals surface area contributed by atoms with E-state index in [0.717, 1.165) is 12.8 Å². The van der Waals surface area contributed by atoms with Crippen molar-refractivity contribution in [1.82, 2.24) is 4.90 Å². The largest absolute Gasteiger partial charge is 0.494 e. The first-order valence-corrected chi connectivity index (χ1v) is 7.87. The smallest absolute Gasteiger partial charge is 0.273 e. The molecule has 130 valence electrons. The van der Waals surface area contributed by atoms with E-state index < -0.39 is 10.8 Å². The van der Waals surface area contributed by atoms with Crippen LogP contribution < -0.4 is 10.1 Å². The van der Waals surface area contributed by atoms with E-state index in [-0.39, 0.29) is 29.7 Å². The summed E-state index contributed by atoms with van der Waals surface area (Å²) in [6.07, 6.45) is 2.09. The molecular formula is C16H21N3O5. The predicted octanol–water partition coefficient (Wildman–Crippen LogP) is 2.19. The summed E-state index contributed by atoms with van der Waals surface area (Å²) in [5.74, 6) is -0.507. The molecule has 8 nitrogen and oxygen atoms in total. The van der Waals surface area contributed by atoms with E-state index >= 15 is 0 Å². The number of anilines is 1. The third-order valence-corrected chi connectivity index (χ3v) is 4.02. The normalized spacial score (nSPS) is 17.0. The van der Waals surface area contributed by atoms with Gasteiger partial charge in [0.25, 0.3) is 5.69 Å². The lowest BCUT2D eigenvalue weighted by Crippen LogP contribution is -2.29. The molecule has 1 N–H and O–H groups in total. The number of unbranched alkanes of at least 4 members (excludes halogenated alkanes) is 1. The molecule has 1 atom stereocenters. The van der Waals surface area contributed by atoms with Gasteiger partial charge in [-0.15, -0.1) is 0 Å². The highest BCUT2D eigenvalue weighted by Crippen LogP contribution is 2.30. The van der Waals surface area contributed by atoms with Crippen molar-refractivity contribution in [2.24, 2.45) is 5.92 Å². The van der Waals surface area contributed by atoms with Crippen molar-refractivity contribution in [3.63, 3.8) is 0 Å². The molecule has 2 amide bonds. The molecule has 1 fully saturated rings. The number of non-ortho nitro benzene ring substituents is 1. The SMILES string of the molecule is CCCCN1C[C@@H](C(=O)Nc2ccc([N+](=O)[O-])cc2OC)CC1=O. The Kier molecular flexibility index (Phi) is 5.73. The van der Waals surface area contributed by atoms with Crippen LogP contribution in [-0.2, 0) is 9.59 Å². The molecule has 0 bridgehead atoms. The van der Waals surface area contributed by atoms with Crippen LogP contribution in [0.15, 0.2) is 18.2 Å². The predicted molar refractivity (Wildman–Crippen MR) is 87.9 cm³/mol. The van der Waals surface area contributed by atoms with Gasteiger partial charge in [-0.1, -0.05) is 13.3 Å². The molecule has 0 aliphatic carbocycles. The number of amides is 2. The Labute approximate surface area is 139 Å². The van der Waals surface area contributed by atoms with E-state index in [1.807, 2.05) is 6.92 Å². The molecule has 24 heavy (non-hydrogen) atoms. The fourth-order valence-corrected chi connectivity index (χ4v) is 2.64. The van der Waals surface area contributed by atoms with Crippen LogP contribution in [0.3, 0.4) is 0 Å². The molecule has 1 aromatic rings. The maximum atomic E-state index is 12.4. The van der Waals surface area contributed by atoms with E-state index in [2.05, 4.69) is 5.32 Å². The minimum absolute atomic E-state index is 0.0146. The Morgan fingerprint density at radius 2 is 2.25 bits per heavy atom. The summed E-state index contributed by atoms with van der Waals surface area (Å²) in [5.41, 5.74) is 0.235. The molecule has 1 heterocycles. The molecule has 0 saturated carbocycles. The van der Waals surface area contributed by atoms with Crippen molar-refractivity contribution >= 4 is 23.2 Å². The van der Waals surface area contributed by atoms with Crippen LogP contribution in [0.2, 0.25) is 0 Å². The second-order valence-electron chi connectivity index (χ2n) is 5.73. The molecule has 0 radical (unpaired) electrons. The molecule has 1 saturated heterocycles. The van der Waals surface area contributed by atoms with Crippen molar-refractivity contribution in [3.05, 3.63) is 28.3 Å². The zero-order valence-electron chi connectivity index (χ0n) is 13.8. The van der Waals surface area contributed by atoms with Crippen LogP contribution in [0.25, 0.3) is 0 Å². The van der Waals surface area contributed by atoms with E-state index in [0.29, 0.717) is 18.8 Å². The summed E-state index contributed by atoms with van der Waals surface area (Å²) in [6, 6.07) is 3.98. The molecule has 2 rings (SSSR count). The second-order valence-corrected chi connectivity index (χ2v) is 5.73. The van der Waals surface area contributed by atoms with Crippen LogP contribution >= 0.6 is 0 Å². The van der Waals surface area contributed by atoms with Crippen molar-refractivity contribution in [1.29, 1.82) is 0 Å². The van der Waals surface area contributed by atoms with E-state index in [1.165, 1.54) is 25.3 Å². The molecule has 8 heteroatoms. The Morgan fingerprint density at radius 3 is 2.88 bits per heavy atom. The standard InChI is InChI=1S/C16H21N3O5/c1-3-4-7-18-10-11(8-15(18)20)16(21)17-13-6-5-12(19(22)23)9-14(13)24-2/h5-6,9,11H,3-4,7-8,10H2,1-2H3,(H,17,21)/t11-/m0/s1. The average Bonchev–Trinajstić information content (AvgIpc) is 2.94. The Hall–Kier alpha value is -2.64. The lowest BCUT2D eigenvalue weighted by atomic mass is 10.1. The molecular weight excluding hydrogens is 314 g/mol. The summed E-state index contributed by atoms with van der Waals surface area (Å²) in [7, 11) is 1.38. The monoisotopic (exact) mass is 335 g/mol. The van der Waals surface area contributed by atoms with Crippen LogP contribution in [0, 0.1) is 16.0 Å². The van der Waals surface area contributed by atoms with Crippen molar-refractivity contribution in [2.75, 3.05) is 25.5 Å². The van der Waals surface area contributed by atoms with Gasteiger partial charge in [0.05, 0.1) is 29.7 Å². The Bertz CT molecular complexity index is 647. The van der Waals surface area contributed by atoms with E-state index in [1.54, 1.807) is 4.90 Å². The number of likely N-dealkylation sites (tertiary alicyclic amines) is 1. The highest BCUT2D eigenvalue weighted by molar-refractivity contribution is 5.98. The van der Waals surface area contributed by atoms with Gasteiger partial charge in [-0.3, -0.25) is 19.7 Å². The lowest BCUT2D eigenvalue weighted by Gasteiger charge is -2.16. The second kappa shape index (κ2) is 7.76. The van der Waals surface area contributed by atoms with Gasteiger partial charge < -0.3 is 15.0 Å². The third-order valence-electron chi connectivity index (χ3n) is 4.02. The zero-order valence-corrected chi connectivity index (χ0v) is 13.8. The molecule has 1 aromatic carbocycles. The molecule has 1 aliphatic heterocycles. The molecule has 1 aliphatic rings. The lowest BCUT2D eigenvalue weighted by molar-refractivity contribution is -0.384. The summed E-state index contributed by atoms with van der Waals surface area (Å²) < 4.78 is 5.10. The number of benzene rings is 1. The van der Waals surface area contributed by atoms with Crippen LogP contribution in [0.4, 0.5) is 11.4 Å². The number of nitro benzene ring substituents is 1. The number of nitrogens with zero attached hydrogens (tertiary/aromatic N) is 2. The minimum Gasteiger partial charge on any atom is -0.494 e. The van der Waals surface area contributed by atoms with Crippen molar-refractivity contribution in [2.45, 2.75) is 26.2 Å². The Balaban J connectivity index is 2.05. The highest BCUT2D eigenvalue weighted by atomic mass is 16.6. The number of carbonyl (C=O) groups excluding carboxylic acids is 2. The number of methoxy groups -OCH3 is 1. The first-order chi connectivity index (χ1) is 11.5. The van der Waals surface area contributed by atoms with E-state index in [9.17, 15) is 19.7 Å². The topological polar surface area (TPSA) is 102 Å². The van der Waals surface area contributed by atoms with Gasteiger partial charge in [-0.2, -0.15) is 0 Å². The quantitative estimate of drug-likeness (QED) is 0.608. The number of nitro groups is 1. The first kappa shape index (κ1) is 17.7. The number of rotatable bonds is 7. The average molecular weight is 335 g/mol. The third kappa shape index (κ3) is 4.01. The van der Waals surface area contributed by atoms with Gasteiger partial charge in [0.1, 0.15) is 5.75 Å². The summed E-state index contributed by atoms with van der Waals surface area (Å²) in [5, 5.41) is 13.5. The van der Waals surface area contributed by atoms with Gasteiger partial charge in [0.15, 0.2) is 0 Å². The first-order valence-electron chi connectivity index (χ1n) is 7.87. The molecule has 0 spiro atoms. The summed E-state index contributed by atoms with van der Waals surface area (Å²) in [6.45, 7) is 3.12. The number of nitrogens with one attached hydrogen (secondary N) is 1. The fraction of sp³-hybridized carbons (Fsp3) is 0.500. The minimum atomic E-state index is -0.532. The van der Waals surface area contributed by atoms with Gasteiger partial charge in [-0.05, 0) is 12.5 Å². The van der Waals surface area contributed by atoms with Gasteiger partial charge >= 0.3 is 0 Å². The fourth-order valence-electron chi connectivity index (χ4n) is 2.64. The van der Waals surface area contributed by atoms with Crippen molar-refractivity contribution in [3.8, 4) is 5.75 Å². The maximum absolute atomic E-state index is 12.4. The van der Waals surface area contributed by atoms with Crippen LogP contribution in [0.5, 0.6) is 5.75 Å². The number of hydrogen-bond acceptors (Lipinski definition) is 5. The highest BCUT2D eigenvalue weighted by Gasteiger charge is 2.34. The van der Waals surface area contributed by atoms with Gasteiger partial charge in [0, 0.05) is 25.6 Å². The maximum Gasteiger partial charge on any atom is 0.273 e. The number of carbonyl (C=O) groups is 2. The number of ether oxygens (including phenoxy) is 1. The summed E-state index contributed by atoms with van der Waals surface area (Å²) >= 11 is 0. The van der Waals surface area contributed by atoms with Crippen molar-refractivity contribution < 1.29 is 19.2 Å².